The van der Waals surface area contributed by atoms with Gasteiger partial charge in [0.1, 0.15) is 17.5 Å². The number of rotatable bonds is 5. The Balaban J connectivity index is 1.61. The number of carbonyl (C=O) groups is 1. The highest BCUT2D eigenvalue weighted by Crippen LogP contribution is 2.33. The number of carbonyl (C=O) groups excluding carboxylic acids is 1. The molecule has 2 aliphatic rings. The van der Waals surface area contributed by atoms with Crippen LogP contribution in [0.15, 0.2) is 24.3 Å². The van der Waals surface area contributed by atoms with Crippen molar-refractivity contribution >= 4 is 21.7 Å². The number of anilines is 1. The second kappa shape index (κ2) is 8.63. The minimum atomic E-state index is -3.19. The minimum absolute atomic E-state index is 0.0373. The molecule has 0 saturated carbocycles. The molecule has 0 N–H and O–H groups in total. The Bertz CT molecular complexity index is 1100. The van der Waals surface area contributed by atoms with Gasteiger partial charge in [0.2, 0.25) is 15.9 Å². The summed E-state index contributed by atoms with van der Waals surface area (Å²) >= 11 is 0. The van der Waals surface area contributed by atoms with Crippen molar-refractivity contribution in [3.05, 3.63) is 52.7 Å². The molecular weight excluding hydrogens is 419 g/mol. The lowest BCUT2D eigenvalue weighted by Gasteiger charge is -2.33. The van der Waals surface area contributed by atoms with Gasteiger partial charge in [-0.05, 0) is 50.8 Å². The molecule has 0 aliphatic carbocycles. The number of amides is 1. The first-order valence-corrected chi connectivity index (χ1v) is 12.3. The largest absolute Gasteiger partial charge is 0.292 e. The maximum absolute atomic E-state index is 13.7. The van der Waals surface area contributed by atoms with E-state index in [1.165, 1.54) is 16.4 Å². The number of piperidine rings is 1. The Labute approximate surface area is 182 Å². The van der Waals surface area contributed by atoms with Crippen LogP contribution in [0, 0.1) is 12.7 Å². The van der Waals surface area contributed by atoms with Crippen LogP contribution < -0.4 is 4.90 Å². The fourth-order valence-corrected chi connectivity index (χ4v) is 5.47. The number of sulfonamides is 1. The Hall–Kier alpha value is -2.39. The molecule has 3 heterocycles. The van der Waals surface area contributed by atoms with Crippen LogP contribution >= 0.6 is 0 Å². The zero-order valence-electron chi connectivity index (χ0n) is 17.8. The van der Waals surface area contributed by atoms with Crippen molar-refractivity contribution < 1.29 is 17.6 Å². The maximum Gasteiger partial charge on any atom is 0.228 e. The lowest BCUT2D eigenvalue weighted by atomic mass is 9.96. The van der Waals surface area contributed by atoms with Crippen LogP contribution in [0.1, 0.15) is 54.7 Å². The van der Waals surface area contributed by atoms with E-state index >= 15 is 0 Å². The molecule has 0 spiro atoms. The summed E-state index contributed by atoms with van der Waals surface area (Å²) in [5.41, 5.74) is 2.50. The highest BCUT2D eigenvalue weighted by Gasteiger charge is 2.32. The van der Waals surface area contributed by atoms with Gasteiger partial charge in [0.05, 0.1) is 12.3 Å². The number of aromatic nitrogens is 2. The molecular formula is C22H27FN4O3S. The van der Waals surface area contributed by atoms with Gasteiger partial charge < -0.3 is 0 Å². The van der Waals surface area contributed by atoms with Gasteiger partial charge in [-0.3, -0.25) is 9.69 Å². The summed E-state index contributed by atoms with van der Waals surface area (Å²) in [6, 6.07) is 6.24. The molecule has 1 aromatic carbocycles. The molecule has 0 atom stereocenters. The molecule has 2 aromatic rings. The van der Waals surface area contributed by atoms with Crippen molar-refractivity contribution in [3.8, 4) is 0 Å². The molecule has 0 bridgehead atoms. The normalized spacial score (nSPS) is 18.3. The van der Waals surface area contributed by atoms with Crippen molar-refractivity contribution in [2.24, 2.45) is 0 Å². The van der Waals surface area contributed by atoms with E-state index in [4.69, 9.17) is 9.97 Å². The van der Waals surface area contributed by atoms with E-state index in [2.05, 4.69) is 0 Å². The van der Waals surface area contributed by atoms with Gasteiger partial charge in [-0.15, -0.1) is 0 Å². The van der Waals surface area contributed by atoms with Crippen LogP contribution in [0.25, 0.3) is 0 Å². The second-order valence-corrected chi connectivity index (χ2v) is 10.4. The van der Waals surface area contributed by atoms with E-state index in [1.54, 1.807) is 24.0 Å². The van der Waals surface area contributed by atoms with E-state index < -0.39 is 10.0 Å². The summed E-state index contributed by atoms with van der Waals surface area (Å²) in [4.78, 5) is 23.9. The number of nitrogens with zero attached hydrogens (tertiary/aromatic N) is 4. The van der Waals surface area contributed by atoms with Crippen molar-refractivity contribution in [2.45, 2.75) is 52.0 Å². The van der Waals surface area contributed by atoms with E-state index in [9.17, 15) is 17.6 Å². The van der Waals surface area contributed by atoms with Gasteiger partial charge in [-0.1, -0.05) is 12.1 Å². The van der Waals surface area contributed by atoms with Crippen molar-refractivity contribution in [1.29, 1.82) is 0 Å². The Morgan fingerprint density at radius 3 is 2.58 bits per heavy atom. The molecule has 1 amide bonds. The highest BCUT2D eigenvalue weighted by molar-refractivity contribution is 7.89. The van der Waals surface area contributed by atoms with Gasteiger partial charge in [0, 0.05) is 36.7 Å². The average Bonchev–Trinajstić information content (AvgIpc) is 2.76. The standard InChI is InChI=1S/C22H27FN4O3S/c1-3-31(29,30)26-11-9-17(10-12-26)21-24-15(2)19-7-8-20(28)27(22(19)25-21)14-16-5-4-6-18(23)13-16/h4-6,13,17H,3,7-12,14H2,1-2H3. The number of halogens is 1. The topological polar surface area (TPSA) is 83.5 Å². The fraction of sp³-hybridized carbons (Fsp3) is 0.500. The average molecular weight is 447 g/mol. The molecule has 4 rings (SSSR count). The summed E-state index contributed by atoms with van der Waals surface area (Å²) in [6.07, 6.45) is 2.26. The first kappa shape index (κ1) is 21.8. The highest BCUT2D eigenvalue weighted by atomic mass is 32.2. The molecule has 9 heteroatoms. The van der Waals surface area contributed by atoms with Crippen molar-refractivity contribution in [2.75, 3.05) is 23.7 Å². The number of aryl methyl sites for hydroxylation is 1. The quantitative estimate of drug-likeness (QED) is 0.705. The van der Waals surface area contributed by atoms with Crippen LogP contribution in [0.5, 0.6) is 0 Å². The van der Waals surface area contributed by atoms with Gasteiger partial charge in [0.25, 0.3) is 0 Å². The van der Waals surface area contributed by atoms with E-state index in [1.807, 2.05) is 6.92 Å². The SMILES string of the molecule is CCS(=O)(=O)N1CCC(c2nc(C)c3c(n2)N(Cc2cccc(F)c2)C(=O)CC3)CC1. The molecule has 1 aromatic heterocycles. The van der Waals surface area contributed by atoms with Crippen LogP contribution in [0.3, 0.4) is 0 Å². The van der Waals surface area contributed by atoms with Crippen molar-refractivity contribution in [1.82, 2.24) is 14.3 Å². The molecule has 1 saturated heterocycles. The van der Waals surface area contributed by atoms with Gasteiger partial charge >= 0.3 is 0 Å². The lowest BCUT2D eigenvalue weighted by molar-refractivity contribution is -0.119. The Morgan fingerprint density at radius 1 is 1.16 bits per heavy atom. The third-order valence-corrected chi connectivity index (χ3v) is 8.04. The van der Waals surface area contributed by atoms with E-state index in [0.29, 0.717) is 56.0 Å². The van der Waals surface area contributed by atoms with Crippen LogP contribution in [-0.4, -0.2) is 47.4 Å². The summed E-state index contributed by atoms with van der Waals surface area (Å²) < 4.78 is 39.5. The molecule has 7 nitrogen and oxygen atoms in total. The number of benzene rings is 1. The van der Waals surface area contributed by atoms with E-state index in [-0.39, 0.29) is 29.9 Å². The lowest BCUT2D eigenvalue weighted by Crippen LogP contribution is -2.39. The molecule has 1 fully saturated rings. The first-order valence-electron chi connectivity index (χ1n) is 10.7. The van der Waals surface area contributed by atoms with Gasteiger partial charge in [-0.2, -0.15) is 0 Å². The number of hydrogen-bond acceptors (Lipinski definition) is 5. The predicted molar refractivity (Wildman–Crippen MR) is 116 cm³/mol. The Kier molecular flexibility index (Phi) is 6.07. The van der Waals surface area contributed by atoms with Crippen LogP contribution in [0.4, 0.5) is 10.2 Å². The zero-order chi connectivity index (χ0) is 22.2. The molecule has 2 aliphatic heterocycles. The maximum atomic E-state index is 13.7. The molecule has 166 valence electrons. The van der Waals surface area contributed by atoms with Crippen LogP contribution in [-0.2, 0) is 27.8 Å². The monoisotopic (exact) mass is 446 g/mol. The third-order valence-electron chi connectivity index (χ3n) is 6.16. The van der Waals surface area contributed by atoms with Gasteiger partial charge in [-0.25, -0.2) is 27.1 Å². The summed E-state index contributed by atoms with van der Waals surface area (Å²) in [5.74, 6) is 1.03. The second-order valence-electron chi connectivity index (χ2n) is 8.15. The third kappa shape index (κ3) is 4.48. The first-order chi connectivity index (χ1) is 14.8. The number of hydrogen-bond donors (Lipinski definition) is 0. The summed E-state index contributed by atoms with van der Waals surface area (Å²) in [7, 11) is -3.19. The van der Waals surface area contributed by atoms with Crippen LogP contribution in [0.2, 0.25) is 0 Å². The molecule has 0 radical (unpaired) electrons. The minimum Gasteiger partial charge on any atom is -0.292 e. The zero-order valence-corrected chi connectivity index (χ0v) is 18.7. The molecule has 0 unspecified atom stereocenters. The fourth-order valence-electron chi connectivity index (χ4n) is 4.34. The summed E-state index contributed by atoms with van der Waals surface area (Å²) in [5, 5.41) is 0. The van der Waals surface area contributed by atoms with Gasteiger partial charge in [0.15, 0.2) is 0 Å². The number of fused-ring (bicyclic) bond motifs is 1. The molecule has 31 heavy (non-hydrogen) atoms. The van der Waals surface area contributed by atoms with Crippen molar-refractivity contribution in [3.63, 3.8) is 0 Å². The van der Waals surface area contributed by atoms with E-state index in [0.717, 1.165) is 11.3 Å². The predicted octanol–water partition coefficient (Wildman–Crippen LogP) is 2.93. The smallest absolute Gasteiger partial charge is 0.228 e. The summed E-state index contributed by atoms with van der Waals surface area (Å²) in [6.45, 7) is 4.74. The Morgan fingerprint density at radius 2 is 1.90 bits per heavy atom.